The first-order chi connectivity index (χ1) is 7.47. The summed E-state index contributed by atoms with van der Waals surface area (Å²) in [5, 5.41) is 9.10. The number of thioether (sulfide) groups is 2. The number of rotatable bonds is 3. The molecule has 1 heterocycles. The lowest BCUT2D eigenvalue weighted by molar-refractivity contribution is 0.404. The summed E-state index contributed by atoms with van der Waals surface area (Å²) in [5.41, 5.74) is 6.73. The maximum absolute atomic E-state index is 8.29. The quantitative estimate of drug-likeness (QED) is 0.814. The molecule has 16 heavy (non-hydrogen) atoms. The third-order valence-electron chi connectivity index (χ3n) is 2.96. The minimum Gasteiger partial charge on any atom is -0.393 e. The molecule has 1 saturated heterocycles. The zero-order chi connectivity index (χ0) is 12.3. The van der Waals surface area contributed by atoms with E-state index in [1.54, 1.807) is 23.5 Å². The average Bonchev–Trinajstić information content (AvgIpc) is 2.23. The largest absolute Gasteiger partial charge is 0.393 e. The van der Waals surface area contributed by atoms with E-state index in [0.717, 1.165) is 27.8 Å². The van der Waals surface area contributed by atoms with Gasteiger partial charge in [-0.1, -0.05) is 20.8 Å². The molecule has 0 aromatic rings. The monoisotopic (exact) mass is 258 g/mol. The molecule has 3 N–H and O–H groups in total. The van der Waals surface area contributed by atoms with Crippen LogP contribution in [0.5, 0.6) is 0 Å². The van der Waals surface area contributed by atoms with Gasteiger partial charge in [-0.3, -0.25) is 0 Å². The van der Waals surface area contributed by atoms with Crippen LogP contribution in [0.3, 0.4) is 0 Å². The zero-order valence-electron chi connectivity index (χ0n) is 10.5. The summed E-state index contributed by atoms with van der Waals surface area (Å²) in [6.45, 7) is 6.70. The molecule has 1 aliphatic rings. The van der Waals surface area contributed by atoms with Crippen LogP contribution in [0.15, 0.2) is 9.93 Å². The van der Waals surface area contributed by atoms with Crippen LogP contribution in [0.1, 0.15) is 27.2 Å². The van der Waals surface area contributed by atoms with Crippen molar-refractivity contribution in [2.45, 2.75) is 27.2 Å². The fourth-order valence-electron chi connectivity index (χ4n) is 2.02. The number of nitrogens with one attached hydrogen (secondary N) is 1. The van der Waals surface area contributed by atoms with Crippen molar-refractivity contribution >= 4 is 29.2 Å². The molecule has 2 atom stereocenters. The Kier molecular flexibility index (Phi) is 5.25. The highest BCUT2D eigenvalue weighted by atomic mass is 32.2. The summed E-state index contributed by atoms with van der Waals surface area (Å²) in [6.07, 6.45) is 3.08. The minimum absolute atomic E-state index is 0.391. The number of hydrogen-bond acceptors (Lipinski definition) is 4. The van der Waals surface area contributed by atoms with E-state index in [2.05, 4.69) is 20.8 Å². The maximum atomic E-state index is 8.29. The van der Waals surface area contributed by atoms with Crippen LogP contribution in [0.25, 0.3) is 0 Å². The van der Waals surface area contributed by atoms with Gasteiger partial charge in [0.05, 0.1) is 15.6 Å². The van der Waals surface area contributed by atoms with Crippen LogP contribution in [-0.4, -0.2) is 17.7 Å². The van der Waals surface area contributed by atoms with Crippen molar-refractivity contribution in [2.75, 3.05) is 12.0 Å². The Balaban J connectivity index is 2.87. The third-order valence-corrected chi connectivity index (χ3v) is 5.16. The minimum atomic E-state index is 0.391. The molecule has 92 valence electrons. The van der Waals surface area contributed by atoms with Crippen LogP contribution in [0.2, 0.25) is 0 Å². The molecule has 0 radical (unpaired) electrons. The van der Waals surface area contributed by atoms with E-state index in [4.69, 9.17) is 11.1 Å². The summed E-state index contributed by atoms with van der Waals surface area (Å²) < 4.78 is 0. The van der Waals surface area contributed by atoms with Crippen molar-refractivity contribution < 1.29 is 0 Å². The van der Waals surface area contributed by atoms with Gasteiger partial charge in [0.2, 0.25) is 0 Å². The Bertz CT molecular complexity index is 297. The summed E-state index contributed by atoms with van der Waals surface area (Å²) in [7, 11) is 0. The van der Waals surface area contributed by atoms with Gasteiger partial charge in [0.1, 0.15) is 0 Å². The van der Waals surface area contributed by atoms with Crippen molar-refractivity contribution in [2.24, 2.45) is 23.5 Å². The molecule has 0 aliphatic carbocycles. The summed E-state index contributed by atoms with van der Waals surface area (Å²) in [4.78, 5) is 1.02. The molecule has 0 amide bonds. The third kappa shape index (κ3) is 3.20. The lowest BCUT2D eigenvalue weighted by Crippen LogP contribution is -2.30. The number of hydrogen-bond donors (Lipinski definition) is 2. The van der Waals surface area contributed by atoms with Gasteiger partial charge in [0.15, 0.2) is 0 Å². The predicted molar refractivity (Wildman–Crippen MR) is 77.0 cm³/mol. The van der Waals surface area contributed by atoms with Crippen LogP contribution < -0.4 is 5.73 Å². The van der Waals surface area contributed by atoms with Gasteiger partial charge < -0.3 is 11.1 Å². The first kappa shape index (κ1) is 14.0. The predicted octanol–water partition coefficient (Wildman–Crippen LogP) is 3.54. The van der Waals surface area contributed by atoms with Crippen LogP contribution in [-0.2, 0) is 0 Å². The highest BCUT2D eigenvalue weighted by molar-refractivity contribution is 8.07. The molecule has 1 aliphatic heterocycles. The molecule has 0 spiro atoms. The number of allylic oxidation sites excluding steroid dienone is 1. The normalized spacial score (nSPS) is 29.7. The summed E-state index contributed by atoms with van der Waals surface area (Å²) in [6, 6.07) is 0. The van der Waals surface area contributed by atoms with Gasteiger partial charge in [-0.25, -0.2) is 0 Å². The smallest absolute Gasteiger partial charge is 0.0809 e. The van der Waals surface area contributed by atoms with Crippen LogP contribution in [0.4, 0.5) is 0 Å². The average molecular weight is 258 g/mol. The van der Waals surface area contributed by atoms with Crippen molar-refractivity contribution in [3.63, 3.8) is 0 Å². The van der Waals surface area contributed by atoms with E-state index in [1.807, 2.05) is 6.26 Å². The molecule has 1 rings (SSSR count). The lowest BCUT2D eigenvalue weighted by Gasteiger charge is -2.32. The zero-order valence-corrected chi connectivity index (χ0v) is 12.2. The van der Waals surface area contributed by atoms with Gasteiger partial charge in [-0.2, -0.15) is 0 Å². The Morgan fingerprint density at radius 1 is 1.62 bits per heavy atom. The second-order valence-electron chi connectivity index (χ2n) is 4.84. The van der Waals surface area contributed by atoms with Crippen molar-refractivity contribution in [1.82, 2.24) is 0 Å². The molecule has 2 nitrogen and oxygen atoms in total. The Morgan fingerprint density at radius 2 is 2.25 bits per heavy atom. The van der Waals surface area contributed by atoms with E-state index >= 15 is 0 Å². The van der Waals surface area contributed by atoms with Crippen molar-refractivity contribution in [3.05, 3.63) is 9.93 Å². The molecule has 1 fully saturated rings. The molecule has 0 aromatic carbocycles. The second kappa shape index (κ2) is 6.01. The first-order valence-electron chi connectivity index (χ1n) is 5.72. The van der Waals surface area contributed by atoms with Crippen molar-refractivity contribution in [1.29, 1.82) is 5.41 Å². The fourth-order valence-corrected chi connectivity index (χ4v) is 3.85. The van der Waals surface area contributed by atoms with Crippen molar-refractivity contribution in [3.8, 4) is 0 Å². The fraction of sp³-hybridized carbons (Fsp3) is 0.750. The molecule has 2 unspecified atom stereocenters. The van der Waals surface area contributed by atoms with Gasteiger partial charge in [0.25, 0.3) is 0 Å². The highest BCUT2D eigenvalue weighted by Gasteiger charge is 2.31. The van der Waals surface area contributed by atoms with Gasteiger partial charge in [0, 0.05) is 11.7 Å². The summed E-state index contributed by atoms with van der Waals surface area (Å²) in [5.74, 6) is 2.73. The van der Waals surface area contributed by atoms with Gasteiger partial charge in [-0.05, 0) is 24.5 Å². The van der Waals surface area contributed by atoms with Crippen LogP contribution >= 0.6 is 23.5 Å². The van der Waals surface area contributed by atoms with Gasteiger partial charge >= 0.3 is 0 Å². The molecule has 4 heteroatoms. The summed E-state index contributed by atoms with van der Waals surface area (Å²) >= 11 is 3.31. The topological polar surface area (TPSA) is 49.9 Å². The Morgan fingerprint density at radius 3 is 2.75 bits per heavy atom. The Labute approximate surface area is 107 Å². The van der Waals surface area contributed by atoms with E-state index in [0.29, 0.717) is 17.8 Å². The molecular weight excluding hydrogens is 236 g/mol. The Hall–Kier alpha value is -0.0900. The van der Waals surface area contributed by atoms with E-state index in [-0.39, 0.29) is 0 Å². The number of nitrogens with two attached hydrogens (primary N) is 1. The molecular formula is C12H22N2S2. The molecule has 0 aromatic heterocycles. The second-order valence-corrected chi connectivity index (χ2v) is 6.71. The van der Waals surface area contributed by atoms with Gasteiger partial charge in [-0.15, -0.1) is 23.5 Å². The molecule has 0 saturated carbocycles. The first-order valence-corrected chi connectivity index (χ1v) is 7.93. The lowest BCUT2D eigenvalue weighted by atomic mass is 9.83. The standard InChI is InChI=1S/C12H22N2S2/c1-7(2)5-9-8(3)6-16-11(10(9)13)12(14)15-4/h7-9,13H,5-6,14H2,1-4H3/b12-11-,13-10?. The van der Waals surface area contributed by atoms with Crippen LogP contribution in [0, 0.1) is 23.2 Å². The molecule has 0 bridgehead atoms. The van der Waals surface area contributed by atoms with E-state index < -0.39 is 0 Å². The highest BCUT2D eigenvalue weighted by Crippen LogP contribution is 2.39. The van der Waals surface area contributed by atoms with E-state index in [9.17, 15) is 0 Å². The SMILES string of the molecule is CS/C(N)=C1\SCC(C)C(CC(C)C)C1=N. The maximum Gasteiger partial charge on any atom is 0.0809 e. The van der Waals surface area contributed by atoms with E-state index in [1.165, 1.54) is 0 Å².